The molecule has 1 aliphatic rings. The van der Waals surface area contributed by atoms with Gasteiger partial charge in [0.2, 0.25) is 5.13 Å². The number of hydrogen-bond acceptors (Lipinski definition) is 6. The fraction of sp³-hybridized carbons (Fsp3) is 0.500. The number of nitrogens with zero attached hydrogens (tertiary/aromatic N) is 3. The molecule has 0 saturated heterocycles. The van der Waals surface area contributed by atoms with E-state index in [1.54, 1.807) is 0 Å². The average molecular weight is 323 g/mol. The van der Waals surface area contributed by atoms with Crippen molar-refractivity contribution in [2.75, 3.05) is 0 Å². The SMILES string of the molecule is CC(C)C1CC(=O)c2sc(-n3c(O)c(O)n(C)c3=O)nc2C1. The number of carbonyl (C=O) groups is 1. The largest absolute Gasteiger partial charge is 0.491 e. The van der Waals surface area contributed by atoms with Crippen molar-refractivity contribution in [3.8, 4) is 16.9 Å². The number of carbonyl (C=O) groups excluding carboxylic acids is 1. The number of imidazole rings is 1. The number of aromatic nitrogens is 3. The number of rotatable bonds is 2. The second-order valence-corrected chi connectivity index (χ2v) is 6.91. The highest BCUT2D eigenvalue weighted by molar-refractivity contribution is 7.16. The third kappa shape index (κ3) is 2.06. The summed E-state index contributed by atoms with van der Waals surface area (Å²) in [5, 5.41) is 19.7. The molecule has 0 aliphatic heterocycles. The summed E-state index contributed by atoms with van der Waals surface area (Å²) in [6.45, 7) is 4.14. The first-order chi connectivity index (χ1) is 10.3. The van der Waals surface area contributed by atoms with Crippen LogP contribution in [-0.4, -0.2) is 30.1 Å². The maximum atomic E-state index is 12.3. The van der Waals surface area contributed by atoms with Gasteiger partial charge in [-0.2, -0.15) is 0 Å². The van der Waals surface area contributed by atoms with Crippen LogP contribution in [0.5, 0.6) is 11.8 Å². The monoisotopic (exact) mass is 323 g/mol. The molecule has 2 heterocycles. The van der Waals surface area contributed by atoms with E-state index in [2.05, 4.69) is 18.8 Å². The Morgan fingerprint density at radius 1 is 1.23 bits per heavy atom. The van der Waals surface area contributed by atoms with E-state index < -0.39 is 17.4 Å². The van der Waals surface area contributed by atoms with Crippen LogP contribution in [0.25, 0.3) is 5.13 Å². The number of thiazole rings is 1. The Hall–Kier alpha value is -2.09. The van der Waals surface area contributed by atoms with E-state index in [0.717, 1.165) is 20.5 Å². The zero-order chi connectivity index (χ0) is 16.2. The van der Waals surface area contributed by atoms with E-state index >= 15 is 0 Å². The van der Waals surface area contributed by atoms with Crippen molar-refractivity contribution in [3.05, 3.63) is 21.1 Å². The van der Waals surface area contributed by atoms with Gasteiger partial charge in [-0.25, -0.2) is 14.3 Å². The summed E-state index contributed by atoms with van der Waals surface area (Å²) in [7, 11) is 1.35. The molecule has 1 atom stereocenters. The van der Waals surface area contributed by atoms with Crippen LogP contribution in [0.3, 0.4) is 0 Å². The minimum atomic E-state index is -0.603. The molecule has 8 heteroatoms. The van der Waals surface area contributed by atoms with Crippen LogP contribution in [-0.2, 0) is 13.5 Å². The average Bonchev–Trinajstić information content (AvgIpc) is 2.96. The maximum Gasteiger partial charge on any atom is 0.340 e. The third-order valence-corrected chi connectivity index (χ3v) is 5.31. The zero-order valence-corrected chi connectivity index (χ0v) is 13.3. The van der Waals surface area contributed by atoms with Gasteiger partial charge in [0.15, 0.2) is 5.78 Å². The fourth-order valence-corrected chi connectivity index (χ4v) is 3.71. The minimum Gasteiger partial charge on any atom is -0.491 e. The van der Waals surface area contributed by atoms with Crippen molar-refractivity contribution in [1.29, 1.82) is 0 Å². The summed E-state index contributed by atoms with van der Waals surface area (Å²) in [6, 6.07) is 0. The van der Waals surface area contributed by atoms with Crippen LogP contribution in [0.2, 0.25) is 0 Å². The lowest BCUT2D eigenvalue weighted by Crippen LogP contribution is -2.23. The van der Waals surface area contributed by atoms with Gasteiger partial charge in [-0.15, -0.1) is 0 Å². The molecule has 7 nitrogen and oxygen atoms in total. The van der Waals surface area contributed by atoms with Crippen molar-refractivity contribution in [2.24, 2.45) is 18.9 Å². The fourth-order valence-electron chi connectivity index (χ4n) is 2.67. The zero-order valence-electron chi connectivity index (χ0n) is 12.5. The van der Waals surface area contributed by atoms with Gasteiger partial charge in [-0.1, -0.05) is 25.2 Å². The molecule has 0 saturated carbocycles. The molecule has 2 aromatic rings. The Kier molecular flexibility index (Phi) is 3.36. The minimum absolute atomic E-state index is 0.0244. The molecular weight excluding hydrogens is 306 g/mol. The van der Waals surface area contributed by atoms with Crippen molar-refractivity contribution in [3.63, 3.8) is 0 Å². The highest BCUT2D eigenvalue weighted by atomic mass is 32.1. The van der Waals surface area contributed by atoms with E-state index in [9.17, 15) is 19.8 Å². The molecule has 0 amide bonds. The Morgan fingerprint density at radius 2 is 1.91 bits per heavy atom. The number of aromatic hydroxyl groups is 2. The van der Waals surface area contributed by atoms with Gasteiger partial charge in [-0.05, 0) is 18.3 Å². The van der Waals surface area contributed by atoms with Crippen LogP contribution in [0.4, 0.5) is 0 Å². The van der Waals surface area contributed by atoms with E-state index in [1.807, 2.05) is 0 Å². The molecule has 0 spiro atoms. The highest BCUT2D eigenvalue weighted by Gasteiger charge is 2.32. The Bertz CT molecular complexity index is 815. The van der Waals surface area contributed by atoms with Crippen LogP contribution in [0.15, 0.2) is 4.79 Å². The summed E-state index contributed by atoms with van der Waals surface area (Å²) in [5.74, 6) is -0.448. The first-order valence-corrected chi connectivity index (χ1v) is 7.85. The highest BCUT2D eigenvalue weighted by Crippen LogP contribution is 2.35. The van der Waals surface area contributed by atoms with Crippen LogP contribution < -0.4 is 5.69 Å². The number of ketones is 1. The van der Waals surface area contributed by atoms with E-state index in [-0.39, 0.29) is 16.8 Å². The van der Waals surface area contributed by atoms with Crippen LogP contribution in [0, 0.1) is 11.8 Å². The Labute approximate surface area is 130 Å². The number of fused-ring (bicyclic) bond motifs is 1. The number of Topliss-reactive ketones (excluding diaryl/α,β-unsaturated/α-hetero) is 1. The van der Waals surface area contributed by atoms with Gasteiger partial charge >= 0.3 is 5.69 Å². The first kappa shape index (κ1) is 14.8. The van der Waals surface area contributed by atoms with Crippen molar-refractivity contribution >= 4 is 17.1 Å². The Balaban J connectivity index is 2.11. The van der Waals surface area contributed by atoms with E-state index in [1.165, 1.54) is 7.05 Å². The molecule has 0 fully saturated rings. The molecule has 0 aromatic carbocycles. The van der Waals surface area contributed by atoms with Crippen molar-refractivity contribution in [1.82, 2.24) is 14.1 Å². The second kappa shape index (κ2) is 4.98. The van der Waals surface area contributed by atoms with Crippen LogP contribution in [0.1, 0.15) is 35.6 Å². The predicted octanol–water partition coefficient (Wildman–Crippen LogP) is 1.44. The summed E-state index contributed by atoms with van der Waals surface area (Å²) in [5.41, 5.74) is 0.0681. The van der Waals surface area contributed by atoms with Gasteiger partial charge in [0.25, 0.3) is 11.8 Å². The van der Waals surface area contributed by atoms with Gasteiger partial charge in [-0.3, -0.25) is 9.36 Å². The lowest BCUT2D eigenvalue weighted by atomic mass is 9.82. The molecular formula is C14H17N3O4S. The molecule has 3 rings (SSSR count). The van der Waals surface area contributed by atoms with Crippen molar-refractivity contribution < 1.29 is 15.0 Å². The van der Waals surface area contributed by atoms with Gasteiger partial charge in [0.05, 0.1) is 10.6 Å². The smallest absolute Gasteiger partial charge is 0.340 e. The van der Waals surface area contributed by atoms with E-state index in [0.29, 0.717) is 29.3 Å². The molecule has 118 valence electrons. The lowest BCUT2D eigenvalue weighted by molar-refractivity contribution is 0.0937. The molecule has 2 aromatic heterocycles. The summed E-state index contributed by atoms with van der Waals surface area (Å²) in [4.78, 5) is 29.2. The topological polar surface area (TPSA) is 97.4 Å². The van der Waals surface area contributed by atoms with Gasteiger partial charge in [0, 0.05) is 13.5 Å². The quantitative estimate of drug-likeness (QED) is 0.871. The van der Waals surface area contributed by atoms with E-state index in [4.69, 9.17) is 0 Å². The lowest BCUT2D eigenvalue weighted by Gasteiger charge is -2.23. The molecule has 0 bridgehead atoms. The standard InChI is InChI=1S/C14H17N3O4S/c1-6(2)7-4-8-10(9(18)5-7)22-13(15-8)17-12(20)11(19)16(3)14(17)21/h6-7,19-20H,4-5H2,1-3H3. The maximum absolute atomic E-state index is 12.3. The molecule has 0 radical (unpaired) electrons. The molecule has 1 aliphatic carbocycles. The summed E-state index contributed by atoms with van der Waals surface area (Å²) in [6.07, 6.45) is 1.16. The molecule has 1 unspecified atom stereocenters. The molecule has 22 heavy (non-hydrogen) atoms. The van der Waals surface area contributed by atoms with Crippen LogP contribution >= 0.6 is 11.3 Å². The normalized spacial score (nSPS) is 18.0. The Morgan fingerprint density at radius 3 is 2.45 bits per heavy atom. The predicted molar refractivity (Wildman–Crippen MR) is 81.0 cm³/mol. The first-order valence-electron chi connectivity index (χ1n) is 7.04. The van der Waals surface area contributed by atoms with Gasteiger partial charge < -0.3 is 10.2 Å². The third-order valence-electron chi connectivity index (χ3n) is 4.18. The van der Waals surface area contributed by atoms with Crippen molar-refractivity contribution in [2.45, 2.75) is 26.7 Å². The van der Waals surface area contributed by atoms with Gasteiger partial charge in [0.1, 0.15) is 0 Å². The second-order valence-electron chi connectivity index (χ2n) is 5.93. The summed E-state index contributed by atoms with van der Waals surface area (Å²) < 4.78 is 1.85. The number of hydrogen-bond donors (Lipinski definition) is 2. The summed E-state index contributed by atoms with van der Waals surface area (Å²) >= 11 is 1.08. The molecule has 2 N–H and O–H groups in total.